The monoisotopic (exact) mass is 460 g/mol. The number of anilines is 1. The zero-order chi connectivity index (χ0) is 22.9. The van der Waals surface area contributed by atoms with E-state index in [0.29, 0.717) is 29.8 Å². The van der Waals surface area contributed by atoms with E-state index in [9.17, 15) is 18.0 Å². The Bertz CT molecular complexity index is 1090. The van der Waals surface area contributed by atoms with Crippen LogP contribution in [-0.2, 0) is 14.8 Å². The lowest BCUT2D eigenvalue weighted by Gasteiger charge is -2.30. The number of nitrogens with one attached hydrogen (secondary N) is 1. The number of carbonyl (C=O) groups excluding carboxylic acids is 2. The summed E-state index contributed by atoms with van der Waals surface area (Å²) in [5.41, 5.74) is 1.47. The summed E-state index contributed by atoms with van der Waals surface area (Å²) in [5, 5.41) is 6.63. The van der Waals surface area contributed by atoms with Crippen molar-refractivity contribution in [1.82, 2.24) is 14.4 Å². The van der Waals surface area contributed by atoms with Gasteiger partial charge in [-0.2, -0.15) is 4.31 Å². The number of benzene rings is 1. The van der Waals surface area contributed by atoms with Crippen molar-refractivity contribution in [2.24, 2.45) is 5.92 Å². The van der Waals surface area contributed by atoms with E-state index >= 15 is 0 Å². The summed E-state index contributed by atoms with van der Waals surface area (Å²) in [6.45, 7) is 5.22. The average molecular weight is 461 g/mol. The first-order chi connectivity index (χ1) is 15.3. The third kappa shape index (κ3) is 4.42. The number of rotatable bonds is 5. The standard InChI is InChI=1S/C22H28N4O5S/c1-15-20(16(2)31-24-15)32(29,30)26-12-8-17(9-13-26)21(27)23-19-7-5-6-18(14-19)22(28)25-10-3-4-11-25/h5-7,14,17H,3-4,8-13H2,1-2H3,(H,23,27). The molecular formula is C22H28N4O5S. The van der Waals surface area contributed by atoms with Gasteiger partial charge in [0.15, 0.2) is 5.76 Å². The van der Waals surface area contributed by atoms with Gasteiger partial charge in [-0.15, -0.1) is 0 Å². The first-order valence-electron chi connectivity index (χ1n) is 10.9. The highest BCUT2D eigenvalue weighted by Gasteiger charge is 2.35. The first kappa shape index (κ1) is 22.5. The molecule has 4 rings (SSSR count). The second kappa shape index (κ2) is 9.03. The Hall–Kier alpha value is -2.72. The van der Waals surface area contributed by atoms with Gasteiger partial charge in [0, 0.05) is 43.3 Å². The SMILES string of the molecule is Cc1noc(C)c1S(=O)(=O)N1CCC(C(=O)Nc2cccc(C(=O)N3CCCC3)c2)CC1. The molecule has 1 aromatic heterocycles. The summed E-state index contributed by atoms with van der Waals surface area (Å²) in [6, 6.07) is 6.98. The lowest BCUT2D eigenvalue weighted by molar-refractivity contribution is -0.120. The van der Waals surface area contributed by atoms with Gasteiger partial charge in [-0.3, -0.25) is 9.59 Å². The van der Waals surface area contributed by atoms with Crippen LogP contribution in [0.3, 0.4) is 0 Å². The van der Waals surface area contributed by atoms with Crippen LogP contribution in [-0.4, -0.2) is 60.8 Å². The predicted molar refractivity (Wildman–Crippen MR) is 118 cm³/mol. The number of carbonyl (C=O) groups is 2. The number of hydrogen-bond donors (Lipinski definition) is 1. The minimum Gasteiger partial charge on any atom is -0.360 e. The molecule has 2 aliphatic rings. The van der Waals surface area contributed by atoms with Crippen LogP contribution in [0.5, 0.6) is 0 Å². The number of aromatic nitrogens is 1. The van der Waals surface area contributed by atoms with Gasteiger partial charge in [-0.25, -0.2) is 8.42 Å². The molecule has 1 N–H and O–H groups in total. The maximum absolute atomic E-state index is 13.0. The fourth-order valence-electron chi connectivity index (χ4n) is 4.41. The van der Waals surface area contributed by atoms with Gasteiger partial charge in [0.25, 0.3) is 5.91 Å². The van der Waals surface area contributed by atoms with Crippen LogP contribution >= 0.6 is 0 Å². The topological polar surface area (TPSA) is 113 Å². The number of hydrogen-bond acceptors (Lipinski definition) is 6. The van der Waals surface area contributed by atoms with Crippen LogP contribution in [0.15, 0.2) is 33.7 Å². The van der Waals surface area contributed by atoms with Crippen LogP contribution in [0, 0.1) is 19.8 Å². The van der Waals surface area contributed by atoms with E-state index in [0.717, 1.165) is 25.9 Å². The van der Waals surface area contributed by atoms with Crippen LogP contribution < -0.4 is 5.32 Å². The van der Waals surface area contributed by atoms with E-state index in [-0.39, 0.29) is 41.5 Å². The summed E-state index contributed by atoms with van der Waals surface area (Å²) < 4.78 is 32.3. The molecule has 10 heteroatoms. The molecule has 0 radical (unpaired) electrons. The van der Waals surface area contributed by atoms with E-state index in [2.05, 4.69) is 10.5 Å². The number of likely N-dealkylation sites (tertiary alicyclic amines) is 1. The zero-order valence-electron chi connectivity index (χ0n) is 18.3. The number of amides is 2. The molecule has 9 nitrogen and oxygen atoms in total. The smallest absolute Gasteiger partial charge is 0.253 e. The summed E-state index contributed by atoms with van der Waals surface area (Å²) in [7, 11) is -3.71. The molecule has 0 atom stereocenters. The highest BCUT2D eigenvalue weighted by Crippen LogP contribution is 2.28. The van der Waals surface area contributed by atoms with Gasteiger partial charge in [-0.05, 0) is 57.7 Å². The third-order valence-corrected chi connectivity index (χ3v) is 8.30. The lowest BCUT2D eigenvalue weighted by Crippen LogP contribution is -2.41. The molecule has 172 valence electrons. The minimum atomic E-state index is -3.71. The molecule has 2 aliphatic heterocycles. The van der Waals surface area contributed by atoms with Gasteiger partial charge < -0.3 is 14.7 Å². The maximum atomic E-state index is 13.0. The van der Waals surface area contributed by atoms with E-state index in [4.69, 9.17) is 4.52 Å². The van der Waals surface area contributed by atoms with Crippen LogP contribution in [0.1, 0.15) is 47.5 Å². The molecule has 0 saturated carbocycles. The van der Waals surface area contributed by atoms with Crippen LogP contribution in [0.25, 0.3) is 0 Å². The largest absolute Gasteiger partial charge is 0.360 e. The Kier molecular flexibility index (Phi) is 6.34. The Morgan fingerprint density at radius 1 is 1.09 bits per heavy atom. The quantitative estimate of drug-likeness (QED) is 0.734. The number of piperidine rings is 1. The van der Waals surface area contributed by atoms with E-state index in [1.54, 1.807) is 38.1 Å². The second-order valence-electron chi connectivity index (χ2n) is 8.40. The molecule has 0 spiro atoms. The van der Waals surface area contributed by atoms with Gasteiger partial charge >= 0.3 is 0 Å². The van der Waals surface area contributed by atoms with Crippen LogP contribution in [0.4, 0.5) is 5.69 Å². The summed E-state index contributed by atoms with van der Waals surface area (Å²) in [5.74, 6) is -0.212. The zero-order valence-corrected chi connectivity index (χ0v) is 19.2. The summed E-state index contributed by atoms with van der Waals surface area (Å²) in [4.78, 5) is 27.3. The van der Waals surface area contributed by atoms with Crippen molar-refractivity contribution < 1.29 is 22.5 Å². The molecule has 3 heterocycles. The summed E-state index contributed by atoms with van der Waals surface area (Å²) >= 11 is 0. The molecule has 1 aromatic carbocycles. The van der Waals surface area contributed by atoms with Gasteiger partial charge in [0.2, 0.25) is 15.9 Å². The minimum absolute atomic E-state index is 0.0172. The maximum Gasteiger partial charge on any atom is 0.253 e. The molecule has 0 bridgehead atoms. The second-order valence-corrected chi connectivity index (χ2v) is 10.3. The highest BCUT2D eigenvalue weighted by molar-refractivity contribution is 7.89. The molecule has 2 fully saturated rings. The van der Waals surface area contributed by atoms with Crippen molar-refractivity contribution in [3.63, 3.8) is 0 Å². The predicted octanol–water partition coefficient (Wildman–Crippen LogP) is 2.57. The Balaban J connectivity index is 1.37. The molecule has 2 saturated heterocycles. The van der Waals surface area contributed by atoms with Crippen molar-refractivity contribution in [1.29, 1.82) is 0 Å². The molecule has 2 amide bonds. The van der Waals surface area contributed by atoms with Gasteiger partial charge in [0.05, 0.1) is 0 Å². The number of aryl methyl sites for hydroxylation is 2. The van der Waals surface area contributed by atoms with Crippen molar-refractivity contribution >= 4 is 27.5 Å². The van der Waals surface area contributed by atoms with Crippen molar-refractivity contribution in [2.45, 2.75) is 44.4 Å². The number of nitrogens with zero attached hydrogens (tertiary/aromatic N) is 3. The molecule has 0 aliphatic carbocycles. The third-order valence-electron chi connectivity index (χ3n) is 6.16. The Morgan fingerprint density at radius 3 is 2.41 bits per heavy atom. The fourth-order valence-corrected chi connectivity index (χ4v) is 6.17. The molecule has 2 aromatic rings. The van der Waals surface area contributed by atoms with Crippen LogP contribution in [0.2, 0.25) is 0 Å². The van der Waals surface area contributed by atoms with Crippen molar-refractivity contribution in [2.75, 3.05) is 31.5 Å². The average Bonchev–Trinajstić information content (AvgIpc) is 3.43. The van der Waals surface area contributed by atoms with Gasteiger partial charge in [-0.1, -0.05) is 11.2 Å². The van der Waals surface area contributed by atoms with Gasteiger partial charge in [0.1, 0.15) is 10.6 Å². The molecule has 0 unspecified atom stereocenters. The van der Waals surface area contributed by atoms with E-state index < -0.39 is 10.0 Å². The molecular weight excluding hydrogens is 432 g/mol. The highest BCUT2D eigenvalue weighted by atomic mass is 32.2. The molecule has 32 heavy (non-hydrogen) atoms. The lowest BCUT2D eigenvalue weighted by atomic mass is 9.97. The fraction of sp³-hybridized carbons (Fsp3) is 0.500. The first-order valence-corrected chi connectivity index (χ1v) is 12.3. The Morgan fingerprint density at radius 2 is 1.78 bits per heavy atom. The van der Waals surface area contributed by atoms with E-state index in [1.807, 2.05) is 4.90 Å². The van der Waals surface area contributed by atoms with Crippen molar-refractivity contribution in [3.05, 3.63) is 41.3 Å². The Labute approximate surface area is 187 Å². The van der Waals surface area contributed by atoms with Crippen molar-refractivity contribution in [3.8, 4) is 0 Å². The van der Waals surface area contributed by atoms with E-state index in [1.165, 1.54) is 4.31 Å². The normalized spacial score (nSPS) is 18.1. The number of sulfonamides is 1. The summed E-state index contributed by atoms with van der Waals surface area (Å²) in [6.07, 6.45) is 2.88.